The van der Waals surface area contributed by atoms with Gasteiger partial charge in [0, 0.05) is 11.8 Å². The summed E-state index contributed by atoms with van der Waals surface area (Å²) in [5, 5.41) is 4.53. The zero-order valence-electron chi connectivity index (χ0n) is 11.3. The van der Waals surface area contributed by atoms with E-state index in [2.05, 4.69) is 30.2 Å². The van der Waals surface area contributed by atoms with Crippen molar-refractivity contribution in [3.8, 4) is 11.3 Å². The fourth-order valence-corrected chi connectivity index (χ4v) is 3.69. The quantitative estimate of drug-likeness (QED) is 0.741. The van der Waals surface area contributed by atoms with E-state index in [0.29, 0.717) is 26.6 Å². The normalized spacial score (nSPS) is 11.0. The Morgan fingerprint density at radius 1 is 1.29 bits per heavy atom. The largest absolute Gasteiger partial charge is 0.396 e. The van der Waals surface area contributed by atoms with E-state index >= 15 is 0 Å². The van der Waals surface area contributed by atoms with E-state index in [1.165, 1.54) is 22.5 Å². The number of nitrogen functional groups attached to an aromatic ring is 1. The smallest absolute Gasteiger partial charge is 0.118 e. The third-order valence-electron chi connectivity index (χ3n) is 3.13. The minimum atomic E-state index is 0.596. The number of nitrogens with zero attached hydrogens (tertiary/aromatic N) is 2. The van der Waals surface area contributed by atoms with Gasteiger partial charge in [0.15, 0.2) is 0 Å². The van der Waals surface area contributed by atoms with Gasteiger partial charge in [-0.3, -0.25) is 4.68 Å². The molecular weight excluding hydrogens is 325 g/mol. The predicted molar refractivity (Wildman–Crippen MR) is 90.3 cm³/mol. The summed E-state index contributed by atoms with van der Waals surface area (Å²) >= 11 is 13.5. The van der Waals surface area contributed by atoms with E-state index < -0.39 is 0 Å². The van der Waals surface area contributed by atoms with Gasteiger partial charge in [-0.15, -0.1) is 11.3 Å². The number of thiophene rings is 1. The van der Waals surface area contributed by atoms with Crippen LogP contribution in [0.4, 0.5) is 5.69 Å². The summed E-state index contributed by atoms with van der Waals surface area (Å²) in [7, 11) is 0. The molecule has 0 bridgehead atoms. The molecule has 1 aromatic carbocycles. The van der Waals surface area contributed by atoms with Gasteiger partial charge in [-0.1, -0.05) is 53.0 Å². The van der Waals surface area contributed by atoms with E-state index in [9.17, 15) is 0 Å². The van der Waals surface area contributed by atoms with E-state index in [1.54, 1.807) is 6.07 Å². The average molecular weight is 338 g/mol. The number of hydrogen-bond donors (Lipinski definition) is 1. The molecular formula is C15H13Cl2N3S. The number of aromatic nitrogens is 2. The zero-order chi connectivity index (χ0) is 15.0. The Labute approximate surface area is 136 Å². The molecule has 0 aliphatic carbocycles. The van der Waals surface area contributed by atoms with E-state index in [0.717, 1.165) is 5.56 Å². The van der Waals surface area contributed by atoms with Crippen molar-refractivity contribution in [1.82, 2.24) is 9.78 Å². The second-order valence-corrected chi connectivity index (χ2v) is 7.14. The molecule has 0 atom stereocenters. The van der Waals surface area contributed by atoms with Gasteiger partial charge in [0.25, 0.3) is 0 Å². The highest BCUT2D eigenvalue weighted by Crippen LogP contribution is 2.39. The molecule has 2 aromatic heterocycles. The van der Waals surface area contributed by atoms with Crippen molar-refractivity contribution in [2.24, 2.45) is 0 Å². The van der Waals surface area contributed by atoms with Crippen LogP contribution in [0.2, 0.25) is 8.67 Å². The molecule has 0 radical (unpaired) electrons. The Hall–Kier alpha value is -1.49. The molecule has 21 heavy (non-hydrogen) atoms. The van der Waals surface area contributed by atoms with Crippen LogP contribution in [0.5, 0.6) is 0 Å². The second kappa shape index (κ2) is 5.72. The number of nitrogens with two attached hydrogens (primary N) is 1. The lowest BCUT2D eigenvalue weighted by Crippen LogP contribution is -2.00. The minimum Gasteiger partial charge on any atom is -0.396 e. The Morgan fingerprint density at radius 3 is 2.76 bits per heavy atom. The number of anilines is 1. The molecule has 2 heterocycles. The van der Waals surface area contributed by atoms with Gasteiger partial charge in [0.1, 0.15) is 10.0 Å². The summed E-state index contributed by atoms with van der Waals surface area (Å²) in [5.41, 5.74) is 10.5. The topological polar surface area (TPSA) is 43.8 Å². The molecule has 0 aliphatic rings. The molecule has 0 unspecified atom stereocenters. The molecule has 108 valence electrons. The maximum absolute atomic E-state index is 6.17. The van der Waals surface area contributed by atoms with Crippen LogP contribution in [0, 0.1) is 6.92 Å². The SMILES string of the molecule is Cc1cccc(Cn2cc(N)c(-c3cc(Cl)sc3Cl)n2)c1. The molecule has 0 saturated heterocycles. The first-order valence-corrected chi connectivity index (χ1v) is 7.94. The monoisotopic (exact) mass is 337 g/mol. The lowest BCUT2D eigenvalue weighted by molar-refractivity contribution is 0.689. The summed E-state index contributed by atoms with van der Waals surface area (Å²) in [6.45, 7) is 2.74. The first kappa shape index (κ1) is 14.4. The van der Waals surface area contributed by atoms with Crippen LogP contribution in [-0.2, 0) is 6.54 Å². The maximum atomic E-state index is 6.17. The maximum Gasteiger partial charge on any atom is 0.118 e. The van der Waals surface area contributed by atoms with Gasteiger partial charge in [-0.25, -0.2) is 0 Å². The molecule has 2 N–H and O–H groups in total. The summed E-state index contributed by atoms with van der Waals surface area (Å²) < 4.78 is 3.05. The Bertz CT molecular complexity index is 792. The highest BCUT2D eigenvalue weighted by Gasteiger charge is 2.15. The fourth-order valence-electron chi connectivity index (χ4n) is 2.23. The van der Waals surface area contributed by atoms with E-state index in [-0.39, 0.29) is 0 Å². The molecule has 0 saturated carbocycles. The number of rotatable bonds is 3. The van der Waals surface area contributed by atoms with Crippen molar-refractivity contribution in [3.63, 3.8) is 0 Å². The van der Waals surface area contributed by atoms with Crippen molar-refractivity contribution in [3.05, 3.63) is 56.3 Å². The Balaban J connectivity index is 1.93. The van der Waals surface area contributed by atoms with E-state index in [4.69, 9.17) is 28.9 Å². The molecule has 3 nitrogen and oxygen atoms in total. The van der Waals surface area contributed by atoms with Crippen molar-refractivity contribution in [2.75, 3.05) is 5.73 Å². The highest BCUT2D eigenvalue weighted by atomic mass is 35.5. The van der Waals surface area contributed by atoms with Crippen LogP contribution >= 0.6 is 34.5 Å². The van der Waals surface area contributed by atoms with Gasteiger partial charge < -0.3 is 5.73 Å². The second-order valence-electron chi connectivity index (χ2n) is 4.86. The first-order valence-electron chi connectivity index (χ1n) is 6.36. The summed E-state index contributed by atoms with van der Waals surface area (Å²) in [6.07, 6.45) is 1.82. The van der Waals surface area contributed by atoms with Crippen LogP contribution in [0.3, 0.4) is 0 Å². The fraction of sp³-hybridized carbons (Fsp3) is 0.133. The van der Waals surface area contributed by atoms with Crippen LogP contribution in [0.25, 0.3) is 11.3 Å². The number of aryl methyl sites for hydroxylation is 1. The van der Waals surface area contributed by atoms with Crippen molar-refractivity contribution in [2.45, 2.75) is 13.5 Å². The molecule has 0 fully saturated rings. The third kappa shape index (κ3) is 3.07. The summed E-state index contributed by atoms with van der Waals surface area (Å²) in [5.74, 6) is 0. The van der Waals surface area contributed by atoms with Gasteiger partial charge in [0.2, 0.25) is 0 Å². The molecule has 3 aromatic rings. The Morgan fingerprint density at radius 2 is 2.10 bits per heavy atom. The molecule has 6 heteroatoms. The number of halogens is 2. The third-order valence-corrected chi connectivity index (χ3v) is 4.62. The predicted octanol–water partition coefficient (Wildman–Crippen LogP) is 4.86. The summed E-state index contributed by atoms with van der Waals surface area (Å²) in [4.78, 5) is 0. The van der Waals surface area contributed by atoms with E-state index in [1.807, 2.05) is 16.9 Å². The van der Waals surface area contributed by atoms with Gasteiger partial charge >= 0.3 is 0 Å². The molecule has 0 aliphatic heterocycles. The van der Waals surface area contributed by atoms with Gasteiger partial charge in [-0.2, -0.15) is 5.10 Å². The van der Waals surface area contributed by atoms with Gasteiger partial charge in [0.05, 0.1) is 16.6 Å². The lowest BCUT2D eigenvalue weighted by atomic mass is 10.1. The molecule has 0 spiro atoms. The number of hydrogen-bond acceptors (Lipinski definition) is 3. The summed E-state index contributed by atoms with van der Waals surface area (Å²) in [6, 6.07) is 10.1. The van der Waals surface area contributed by atoms with Crippen LogP contribution in [-0.4, -0.2) is 9.78 Å². The molecule has 0 amide bonds. The van der Waals surface area contributed by atoms with Crippen LogP contribution < -0.4 is 5.73 Å². The minimum absolute atomic E-state index is 0.596. The van der Waals surface area contributed by atoms with Crippen LogP contribution in [0.1, 0.15) is 11.1 Å². The molecule has 3 rings (SSSR count). The zero-order valence-corrected chi connectivity index (χ0v) is 13.6. The lowest BCUT2D eigenvalue weighted by Gasteiger charge is -2.02. The number of benzene rings is 1. The average Bonchev–Trinajstić information content (AvgIpc) is 2.92. The van der Waals surface area contributed by atoms with Crippen molar-refractivity contribution >= 4 is 40.2 Å². The first-order chi connectivity index (χ1) is 10.0. The van der Waals surface area contributed by atoms with Crippen molar-refractivity contribution < 1.29 is 0 Å². The van der Waals surface area contributed by atoms with Crippen LogP contribution in [0.15, 0.2) is 36.5 Å². The van der Waals surface area contributed by atoms with Gasteiger partial charge in [-0.05, 0) is 18.6 Å². The van der Waals surface area contributed by atoms with Crippen molar-refractivity contribution in [1.29, 1.82) is 0 Å². The standard InChI is InChI=1S/C15H13Cl2N3S/c1-9-3-2-4-10(5-9)7-20-8-12(18)14(19-20)11-6-13(16)21-15(11)17/h2-6,8H,7,18H2,1H3. The highest BCUT2D eigenvalue weighted by molar-refractivity contribution is 7.20. The Kier molecular flexibility index (Phi) is 3.93.